The van der Waals surface area contributed by atoms with Crippen LogP contribution in [0.2, 0.25) is 0 Å². The molecule has 7 nitrogen and oxygen atoms in total. The average Bonchev–Trinajstić information content (AvgIpc) is 3.27. The maximum absolute atomic E-state index is 13.8. The Bertz CT molecular complexity index is 1240. The van der Waals surface area contributed by atoms with Gasteiger partial charge in [-0.2, -0.15) is 0 Å². The molecule has 1 N–H and O–H groups in total. The van der Waals surface area contributed by atoms with Crippen molar-refractivity contribution >= 4 is 34.9 Å². The molecule has 0 spiro atoms. The SMILES string of the molecule is COc1cccc(/C=C2\SC(=NC3CCCCC3)N(C3CCCCC3)C2=O)c1OCc1ccc(C(=O)O)cc1. The van der Waals surface area contributed by atoms with Crippen LogP contribution in [0.1, 0.15) is 85.7 Å². The van der Waals surface area contributed by atoms with Crippen molar-refractivity contribution in [3.05, 3.63) is 64.1 Å². The quantitative estimate of drug-likeness (QED) is 0.361. The maximum Gasteiger partial charge on any atom is 0.335 e. The Labute approximate surface area is 234 Å². The molecule has 1 aliphatic heterocycles. The van der Waals surface area contributed by atoms with Gasteiger partial charge in [-0.15, -0.1) is 0 Å². The molecule has 39 heavy (non-hydrogen) atoms. The summed E-state index contributed by atoms with van der Waals surface area (Å²) in [6.45, 7) is 0.236. The molecule has 2 saturated carbocycles. The van der Waals surface area contributed by atoms with Crippen LogP contribution in [-0.4, -0.2) is 46.2 Å². The Morgan fingerprint density at radius 3 is 2.38 bits per heavy atom. The van der Waals surface area contributed by atoms with Crippen LogP contribution in [0, 0.1) is 0 Å². The molecule has 0 unspecified atom stereocenters. The summed E-state index contributed by atoms with van der Waals surface area (Å²) in [5.41, 5.74) is 1.82. The fourth-order valence-corrected chi connectivity index (χ4v) is 6.71. The van der Waals surface area contributed by atoms with Gasteiger partial charge in [-0.25, -0.2) is 4.79 Å². The molecule has 3 fully saturated rings. The van der Waals surface area contributed by atoms with E-state index < -0.39 is 5.97 Å². The highest BCUT2D eigenvalue weighted by Crippen LogP contribution is 2.41. The topological polar surface area (TPSA) is 88.4 Å². The van der Waals surface area contributed by atoms with Gasteiger partial charge in [0, 0.05) is 11.6 Å². The lowest BCUT2D eigenvalue weighted by atomic mass is 9.94. The van der Waals surface area contributed by atoms with Gasteiger partial charge in [0.05, 0.1) is 23.6 Å². The van der Waals surface area contributed by atoms with Crippen LogP contribution in [0.4, 0.5) is 0 Å². The lowest BCUT2D eigenvalue weighted by molar-refractivity contribution is -0.124. The first-order chi connectivity index (χ1) is 19.0. The van der Waals surface area contributed by atoms with Crippen LogP contribution >= 0.6 is 11.8 Å². The predicted octanol–water partition coefficient (Wildman–Crippen LogP) is 6.91. The molecular formula is C31H36N2O5S. The van der Waals surface area contributed by atoms with E-state index in [1.807, 2.05) is 29.2 Å². The van der Waals surface area contributed by atoms with Crippen molar-refractivity contribution in [2.45, 2.75) is 82.9 Å². The molecule has 8 heteroatoms. The van der Waals surface area contributed by atoms with E-state index >= 15 is 0 Å². The van der Waals surface area contributed by atoms with E-state index in [-0.39, 0.29) is 24.1 Å². The number of aromatic carboxylic acids is 1. The van der Waals surface area contributed by atoms with Crippen LogP contribution in [-0.2, 0) is 11.4 Å². The molecule has 0 radical (unpaired) electrons. The monoisotopic (exact) mass is 548 g/mol. The molecule has 3 aliphatic rings. The van der Waals surface area contributed by atoms with Crippen molar-refractivity contribution in [2.75, 3.05) is 7.11 Å². The van der Waals surface area contributed by atoms with Crippen molar-refractivity contribution in [3.8, 4) is 11.5 Å². The summed E-state index contributed by atoms with van der Waals surface area (Å²) in [6, 6.07) is 12.8. The van der Waals surface area contributed by atoms with Crippen molar-refractivity contribution in [1.29, 1.82) is 0 Å². The van der Waals surface area contributed by atoms with Crippen LogP contribution < -0.4 is 9.47 Å². The molecule has 2 aliphatic carbocycles. The molecule has 0 atom stereocenters. The van der Waals surface area contributed by atoms with Gasteiger partial charge < -0.3 is 14.6 Å². The number of ether oxygens (including phenoxy) is 2. The number of nitrogens with zero attached hydrogens (tertiary/aromatic N) is 2. The largest absolute Gasteiger partial charge is 0.493 e. The Morgan fingerprint density at radius 2 is 1.72 bits per heavy atom. The summed E-state index contributed by atoms with van der Waals surface area (Å²) in [6.07, 6.45) is 13.3. The lowest BCUT2D eigenvalue weighted by Gasteiger charge is -2.31. The molecular weight excluding hydrogens is 512 g/mol. The summed E-state index contributed by atoms with van der Waals surface area (Å²) in [5.74, 6) is 0.181. The summed E-state index contributed by atoms with van der Waals surface area (Å²) in [5, 5.41) is 10.0. The molecule has 1 heterocycles. The van der Waals surface area contributed by atoms with Gasteiger partial charge in [0.1, 0.15) is 6.61 Å². The zero-order chi connectivity index (χ0) is 27.2. The van der Waals surface area contributed by atoms with Crippen molar-refractivity contribution in [1.82, 2.24) is 4.90 Å². The zero-order valence-corrected chi connectivity index (χ0v) is 23.3. The van der Waals surface area contributed by atoms with E-state index in [0.717, 1.165) is 54.8 Å². The summed E-state index contributed by atoms with van der Waals surface area (Å²) in [7, 11) is 1.59. The van der Waals surface area contributed by atoms with Gasteiger partial charge >= 0.3 is 5.97 Å². The van der Waals surface area contributed by atoms with E-state index in [2.05, 4.69) is 0 Å². The van der Waals surface area contributed by atoms with E-state index in [4.69, 9.17) is 19.6 Å². The minimum atomic E-state index is -0.964. The number of carbonyl (C=O) groups excluding carboxylic acids is 1. The third-order valence-corrected chi connectivity index (χ3v) is 8.74. The third-order valence-electron chi connectivity index (χ3n) is 7.74. The number of thioether (sulfide) groups is 1. The Morgan fingerprint density at radius 1 is 1.03 bits per heavy atom. The predicted molar refractivity (Wildman–Crippen MR) is 154 cm³/mol. The van der Waals surface area contributed by atoms with Gasteiger partial charge in [-0.3, -0.25) is 14.7 Å². The van der Waals surface area contributed by atoms with Gasteiger partial charge in [-0.1, -0.05) is 62.8 Å². The Kier molecular flexibility index (Phi) is 8.91. The minimum Gasteiger partial charge on any atom is -0.493 e. The van der Waals surface area contributed by atoms with Crippen molar-refractivity contribution in [2.24, 2.45) is 4.99 Å². The Hall–Kier alpha value is -3.26. The van der Waals surface area contributed by atoms with Crippen LogP contribution in [0.3, 0.4) is 0 Å². The van der Waals surface area contributed by atoms with E-state index in [1.165, 1.54) is 37.4 Å². The number of hydrogen-bond acceptors (Lipinski definition) is 6. The smallest absolute Gasteiger partial charge is 0.335 e. The van der Waals surface area contributed by atoms with Crippen LogP contribution in [0.25, 0.3) is 6.08 Å². The Balaban J connectivity index is 1.42. The number of benzene rings is 2. The highest BCUT2D eigenvalue weighted by molar-refractivity contribution is 8.18. The maximum atomic E-state index is 13.8. The van der Waals surface area contributed by atoms with Gasteiger partial charge in [0.2, 0.25) is 0 Å². The van der Waals surface area contributed by atoms with Gasteiger partial charge in [0.25, 0.3) is 5.91 Å². The molecule has 5 rings (SSSR count). The van der Waals surface area contributed by atoms with E-state index in [0.29, 0.717) is 22.4 Å². The number of aliphatic imine (C=N–C) groups is 1. The molecule has 206 valence electrons. The summed E-state index contributed by atoms with van der Waals surface area (Å²) < 4.78 is 11.8. The first kappa shape index (κ1) is 27.3. The normalized spacial score (nSPS) is 21.1. The number of hydrogen-bond donors (Lipinski definition) is 1. The fourth-order valence-electron chi connectivity index (χ4n) is 5.61. The number of amidine groups is 1. The lowest BCUT2D eigenvalue weighted by Crippen LogP contribution is -2.41. The fraction of sp³-hybridized carbons (Fsp3) is 0.452. The summed E-state index contributed by atoms with van der Waals surface area (Å²) in [4.78, 5) is 32.8. The third kappa shape index (κ3) is 6.49. The number of carbonyl (C=O) groups is 2. The number of carboxylic acids is 1. The second kappa shape index (κ2) is 12.7. The van der Waals surface area contributed by atoms with Crippen molar-refractivity contribution < 1.29 is 24.2 Å². The highest BCUT2D eigenvalue weighted by Gasteiger charge is 2.39. The zero-order valence-electron chi connectivity index (χ0n) is 22.4. The number of rotatable bonds is 8. The van der Waals surface area contributed by atoms with E-state index in [9.17, 15) is 9.59 Å². The number of para-hydroxylation sites is 1. The molecule has 1 saturated heterocycles. The number of methoxy groups -OCH3 is 1. The minimum absolute atomic E-state index is 0.0273. The average molecular weight is 549 g/mol. The van der Waals surface area contributed by atoms with Crippen LogP contribution in [0.15, 0.2) is 52.4 Å². The summed E-state index contributed by atoms with van der Waals surface area (Å²) >= 11 is 1.49. The highest BCUT2D eigenvalue weighted by atomic mass is 32.2. The van der Waals surface area contributed by atoms with Crippen LogP contribution in [0.5, 0.6) is 11.5 Å². The second-order valence-electron chi connectivity index (χ2n) is 10.5. The van der Waals surface area contributed by atoms with E-state index in [1.54, 1.807) is 31.4 Å². The first-order valence-corrected chi connectivity index (χ1v) is 14.8. The molecule has 2 aromatic rings. The number of carboxylic acid groups (broad SMARTS) is 1. The number of amides is 1. The first-order valence-electron chi connectivity index (χ1n) is 14.0. The van der Waals surface area contributed by atoms with Gasteiger partial charge in [0.15, 0.2) is 16.7 Å². The molecule has 1 amide bonds. The van der Waals surface area contributed by atoms with Gasteiger partial charge in [-0.05, 0) is 67.3 Å². The molecule has 2 aromatic carbocycles. The molecule has 0 aromatic heterocycles. The second-order valence-corrected chi connectivity index (χ2v) is 11.5. The molecule has 0 bridgehead atoms. The standard InChI is InChI=1S/C31H36N2O5S/c1-37-26-14-8-9-23(28(26)38-20-21-15-17-22(18-16-21)30(35)36)19-27-29(34)33(25-12-6-3-7-13-25)31(39-27)32-24-10-4-2-5-11-24/h8-9,14-19,24-25H,2-7,10-13,20H2,1H3,(H,35,36)/b27-19-,32-31?. The van der Waals surface area contributed by atoms with Crippen molar-refractivity contribution in [3.63, 3.8) is 0 Å².